The minimum atomic E-state index is -0.221. The highest BCUT2D eigenvalue weighted by Gasteiger charge is 2.35. The van der Waals surface area contributed by atoms with Gasteiger partial charge in [0.25, 0.3) is 11.8 Å². The van der Waals surface area contributed by atoms with Crippen molar-refractivity contribution in [2.45, 2.75) is 59.3 Å². The molecule has 1 atom stereocenters. The SMILES string of the molecule is CC(C)(C)C1CCc2c(sc(NC(=O)c3cccc(Cl)c3)c2C(=O)N2CCCCC2)C1. The number of likely N-dealkylation sites (tertiary alicyclic amines) is 1. The zero-order valence-electron chi connectivity index (χ0n) is 18.6. The van der Waals surface area contributed by atoms with Crippen LogP contribution in [0.2, 0.25) is 5.02 Å². The number of thiophene rings is 1. The molecular formula is C25H31ClN2O2S. The van der Waals surface area contributed by atoms with Crippen LogP contribution in [0.4, 0.5) is 5.00 Å². The fourth-order valence-corrected chi connectivity index (χ4v) is 6.20. The molecular weight excluding hydrogens is 428 g/mol. The van der Waals surface area contributed by atoms with Crippen molar-refractivity contribution in [2.24, 2.45) is 11.3 Å². The third kappa shape index (κ3) is 4.83. The quantitative estimate of drug-likeness (QED) is 0.576. The van der Waals surface area contributed by atoms with Gasteiger partial charge in [-0.15, -0.1) is 11.3 Å². The number of amides is 2. The molecule has 2 aliphatic rings. The maximum absolute atomic E-state index is 13.6. The highest BCUT2D eigenvalue weighted by atomic mass is 35.5. The summed E-state index contributed by atoms with van der Waals surface area (Å²) in [5.41, 5.74) is 2.61. The first kappa shape index (κ1) is 22.3. The van der Waals surface area contributed by atoms with E-state index in [1.54, 1.807) is 35.6 Å². The molecule has 2 amide bonds. The summed E-state index contributed by atoms with van der Waals surface area (Å²) in [6, 6.07) is 6.92. The summed E-state index contributed by atoms with van der Waals surface area (Å²) < 4.78 is 0. The number of hydrogen-bond donors (Lipinski definition) is 1. The van der Waals surface area contributed by atoms with Crippen LogP contribution in [0.25, 0.3) is 0 Å². The molecule has 2 heterocycles. The zero-order valence-corrected chi connectivity index (χ0v) is 20.2. The smallest absolute Gasteiger partial charge is 0.257 e. The monoisotopic (exact) mass is 458 g/mol. The first-order valence-electron chi connectivity index (χ1n) is 11.2. The largest absolute Gasteiger partial charge is 0.339 e. The standard InChI is InChI=1S/C25H31ClN2O2S/c1-25(2,3)17-10-11-19-20(15-17)31-23(21(19)24(30)28-12-5-4-6-13-28)27-22(29)16-8-7-9-18(26)14-16/h7-9,14,17H,4-6,10-13,15H2,1-3H3,(H,27,29). The van der Waals surface area contributed by atoms with Crippen molar-refractivity contribution in [3.8, 4) is 0 Å². The first-order valence-corrected chi connectivity index (χ1v) is 12.4. The minimum absolute atomic E-state index is 0.0767. The Balaban J connectivity index is 1.68. The Morgan fingerprint density at radius 1 is 1.16 bits per heavy atom. The van der Waals surface area contributed by atoms with E-state index in [4.69, 9.17) is 11.6 Å². The fraction of sp³-hybridized carbons (Fsp3) is 0.520. The highest BCUT2D eigenvalue weighted by molar-refractivity contribution is 7.17. The van der Waals surface area contributed by atoms with Crippen LogP contribution in [-0.4, -0.2) is 29.8 Å². The van der Waals surface area contributed by atoms with Crippen LogP contribution >= 0.6 is 22.9 Å². The van der Waals surface area contributed by atoms with Gasteiger partial charge in [-0.2, -0.15) is 0 Å². The second kappa shape index (κ2) is 8.95. The number of piperidine rings is 1. The summed E-state index contributed by atoms with van der Waals surface area (Å²) in [6.07, 6.45) is 6.22. The molecule has 4 rings (SSSR count). The lowest BCUT2D eigenvalue weighted by atomic mass is 9.72. The van der Waals surface area contributed by atoms with E-state index < -0.39 is 0 Å². The number of halogens is 1. The Kier molecular flexibility index (Phi) is 6.45. The van der Waals surface area contributed by atoms with Gasteiger partial charge in [0, 0.05) is 28.6 Å². The summed E-state index contributed by atoms with van der Waals surface area (Å²) in [4.78, 5) is 29.8. The zero-order chi connectivity index (χ0) is 22.2. The van der Waals surface area contributed by atoms with Crippen molar-refractivity contribution in [3.63, 3.8) is 0 Å². The molecule has 0 bridgehead atoms. The summed E-state index contributed by atoms with van der Waals surface area (Å²) in [5, 5.41) is 4.28. The molecule has 1 N–H and O–H groups in total. The number of rotatable bonds is 3. The molecule has 166 valence electrons. The molecule has 0 radical (unpaired) electrons. The fourth-order valence-electron chi connectivity index (χ4n) is 4.70. The van der Waals surface area contributed by atoms with E-state index in [0.29, 0.717) is 21.5 Å². The number of fused-ring (bicyclic) bond motifs is 1. The van der Waals surface area contributed by atoms with Gasteiger partial charge in [0.05, 0.1) is 5.56 Å². The van der Waals surface area contributed by atoms with Crippen LogP contribution in [0.3, 0.4) is 0 Å². The normalized spacial score (nSPS) is 19.1. The third-order valence-electron chi connectivity index (χ3n) is 6.66. The van der Waals surface area contributed by atoms with E-state index in [0.717, 1.165) is 56.3 Å². The Bertz CT molecular complexity index is 986. The van der Waals surface area contributed by atoms with Crippen LogP contribution in [0.5, 0.6) is 0 Å². The van der Waals surface area contributed by atoms with Gasteiger partial charge in [0.1, 0.15) is 5.00 Å². The van der Waals surface area contributed by atoms with E-state index >= 15 is 0 Å². The Labute approximate surface area is 194 Å². The average Bonchev–Trinajstić information content (AvgIpc) is 3.10. The van der Waals surface area contributed by atoms with E-state index in [1.165, 1.54) is 11.3 Å². The lowest BCUT2D eigenvalue weighted by Crippen LogP contribution is -2.36. The van der Waals surface area contributed by atoms with Gasteiger partial charge >= 0.3 is 0 Å². The minimum Gasteiger partial charge on any atom is -0.339 e. The van der Waals surface area contributed by atoms with Crippen LogP contribution < -0.4 is 5.32 Å². The van der Waals surface area contributed by atoms with Crippen molar-refractivity contribution >= 4 is 39.8 Å². The van der Waals surface area contributed by atoms with E-state index in [-0.39, 0.29) is 17.2 Å². The number of nitrogens with zero attached hydrogens (tertiary/aromatic N) is 1. The Morgan fingerprint density at radius 2 is 1.90 bits per heavy atom. The maximum atomic E-state index is 13.6. The lowest BCUT2D eigenvalue weighted by Gasteiger charge is -2.34. The van der Waals surface area contributed by atoms with Crippen molar-refractivity contribution < 1.29 is 9.59 Å². The van der Waals surface area contributed by atoms with Crippen molar-refractivity contribution in [1.82, 2.24) is 4.90 Å². The van der Waals surface area contributed by atoms with Crippen LogP contribution in [-0.2, 0) is 12.8 Å². The number of anilines is 1. The maximum Gasteiger partial charge on any atom is 0.257 e. The molecule has 1 aliphatic carbocycles. The molecule has 1 aliphatic heterocycles. The molecule has 4 nitrogen and oxygen atoms in total. The molecule has 0 spiro atoms. The molecule has 1 aromatic heterocycles. The van der Waals surface area contributed by atoms with E-state index in [9.17, 15) is 9.59 Å². The van der Waals surface area contributed by atoms with Crippen LogP contribution in [0.1, 0.15) is 77.6 Å². The molecule has 31 heavy (non-hydrogen) atoms. The second-order valence-electron chi connectivity index (χ2n) is 9.83. The molecule has 6 heteroatoms. The highest BCUT2D eigenvalue weighted by Crippen LogP contribution is 2.45. The summed E-state index contributed by atoms with van der Waals surface area (Å²) in [6.45, 7) is 8.47. The summed E-state index contributed by atoms with van der Waals surface area (Å²) in [7, 11) is 0. The van der Waals surface area contributed by atoms with Crippen LogP contribution in [0.15, 0.2) is 24.3 Å². The predicted molar refractivity (Wildman–Crippen MR) is 128 cm³/mol. The predicted octanol–water partition coefficient (Wildman–Crippen LogP) is 6.43. The molecule has 1 aromatic carbocycles. The van der Waals surface area contributed by atoms with E-state index in [1.807, 2.05) is 4.90 Å². The van der Waals surface area contributed by atoms with Crippen molar-refractivity contribution in [3.05, 3.63) is 50.9 Å². The topological polar surface area (TPSA) is 49.4 Å². The molecule has 1 fully saturated rings. The molecule has 1 unspecified atom stereocenters. The second-order valence-corrected chi connectivity index (χ2v) is 11.4. The van der Waals surface area contributed by atoms with Gasteiger partial charge < -0.3 is 10.2 Å². The summed E-state index contributed by atoms with van der Waals surface area (Å²) in [5.74, 6) is 0.432. The van der Waals surface area contributed by atoms with Crippen molar-refractivity contribution in [2.75, 3.05) is 18.4 Å². The number of benzene rings is 1. The van der Waals surface area contributed by atoms with Gasteiger partial charge in [-0.1, -0.05) is 38.4 Å². The Hall–Kier alpha value is -1.85. The van der Waals surface area contributed by atoms with E-state index in [2.05, 4.69) is 26.1 Å². The number of hydrogen-bond acceptors (Lipinski definition) is 3. The Morgan fingerprint density at radius 3 is 2.58 bits per heavy atom. The van der Waals surface area contributed by atoms with Crippen molar-refractivity contribution in [1.29, 1.82) is 0 Å². The number of nitrogens with one attached hydrogen (secondary N) is 1. The third-order valence-corrected chi connectivity index (χ3v) is 8.07. The van der Waals surface area contributed by atoms with Gasteiger partial charge in [0.15, 0.2) is 0 Å². The first-order chi connectivity index (χ1) is 14.7. The van der Waals surface area contributed by atoms with Gasteiger partial charge in [0.2, 0.25) is 0 Å². The van der Waals surface area contributed by atoms with Crippen LogP contribution in [0, 0.1) is 11.3 Å². The molecule has 0 saturated carbocycles. The lowest BCUT2D eigenvalue weighted by molar-refractivity contribution is 0.0724. The summed E-state index contributed by atoms with van der Waals surface area (Å²) >= 11 is 7.67. The van der Waals surface area contributed by atoms with Gasteiger partial charge in [-0.05, 0) is 73.6 Å². The molecule has 2 aromatic rings. The number of carbonyl (C=O) groups is 2. The van der Waals surface area contributed by atoms with Gasteiger partial charge in [-0.3, -0.25) is 9.59 Å². The average molecular weight is 459 g/mol. The number of carbonyl (C=O) groups excluding carboxylic acids is 2. The molecule has 1 saturated heterocycles. The van der Waals surface area contributed by atoms with Gasteiger partial charge in [-0.25, -0.2) is 0 Å².